The first-order valence-corrected chi connectivity index (χ1v) is 4.02. The number of halogens is 2. The molecule has 0 unspecified atom stereocenters. The van der Waals surface area contributed by atoms with Gasteiger partial charge in [-0.15, -0.1) is 0 Å². The van der Waals surface area contributed by atoms with Crippen LogP contribution < -0.4 is 0 Å². The molecule has 1 rings (SSSR count). The summed E-state index contributed by atoms with van der Waals surface area (Å²) in [6, 6.07) is 5.20. The van der Waals surface area contributed by atoms with E-state index in [-0.39, 0.29) is 0 Å². The van der Waals surface area contributed by atoms with Crippen LogP contribution >= 0.6 is 34.2 Å². The molecular formula is C7H3ClIN. The maximum Gasteiger partial charge on any atom is 0.188 e. The second kappa shape index (κ2) is 3.22. The molecule has 0 aliphatic heterocycles. The van der Waals surface area contributed by atoms with E-state index in [1.54, 1.807) is 18.2 Å². The highest BCUT2D eigenvalue weighted by atomic mass is 127. The maximum atomic E-state index is 6.69. The van der Waals surface area contributed by atoms with Gasteiger partial charge in [-0.1, -0.05) is 23.7 Å². The average molecular weight is 263 g/mol. The molecule has 0 heterocycles. The predicted molar refractivity (Wildman–Crippen MR) is 50.4 cm³/mol. The van der Waals surface area contributed by atoms with Crippen LogP contribution in [-0.4, -0.2) is 0 Å². The Morgan fingerprint density at radius 3 is 2.70 bits per heavy atom. The maximum absolute atomic E-state index is 6.69. The lowest BCUT2D eigenvalue weighted by molar-refractivity contribution is 1.65. The van der Waals surface area contributed by atoms with E-state index in [2.05, 4.69) is 27.4 Å². The summed E-state index contributed by atoms with van der Waals surface area (Å²) in [7, 11) is 0. The average Bonchev–Trinajstić information content (AvgIpc) is 1.95. The van der Waals surface area contributed by atoms with Crippen LogP contribution in [0.15, 0.2) is 18.2 Å². The van der Waals surface area contributed by atoms with Gasteiger partial charge in [0.25, 0.3) is 0 Å². The first-order chi connectivity index (χ1) is 4.74. The number of hydrogen-bond donors (Lipinski definition) is 0. The van der Waals surface area contributed by atoms with E-state index >= 15 is 0 Å². The summed E-state index contributed by atoms with van der Waals surface area (Å²) < 4.78 is 0.924. The Kier molecular flexibility index (Phi) is 2.52. The van der Waals surface area contributed by atoms with E-state index in [4.69, 9.17) is 18.2 Å². The van der Waals surface area contributed by atoms with Crippen molar-refractivity contribution in [2.24, 2.45) is 0 Å². The standard InChI is InChI=1S/C7H3ClIN/c1-10-5-2-3-6(8)7(9)4-5/h2-4H. The van der Waals surface area contributed by atoms with Gasteiger partial charge in [0.2, 0.25) is 0 Å². The minimum atomic E-state index is 0.633. The molecule has 0 atom stereocenters. The number of benzene rings is 1. The van der Waals surface area contributed by atoms with Gasteiger partial charge in [0.15, 0.2) is 5.69 Å². The molecule has 0 saturated heterocycles. The molecule has 10 heavy (non-hydrogen) atoms. The summed E-state index contributed by atoms with van der Waals surface area (Å²) in [4.78, 5) is 3.26. The Bertz CT molecular complexity index is 290. The van der Waals surface area contributed by atoms with Gasteiger partial charge in [0.05, 0.1) is 11.6 Å². The predicted octanol–water partition coefficient (Wildman–Crippen LogP) is 3.50. The molecule has 0 radical (unpaired) electrons. The Morgan fingerprint density at radius 2 is 2.20 bits per heavy atom. The third-order valence-corrected chi connectivity index (χ3v) is 2.57. The zero-order chi connectivity index (χ0) is 7.56. The van der Waals surface area contributed by atoms with Crippen molar-refractivity contribution in [1.82, 2.24) is 0 Å². The minimum absolute atomic E-state index is 0.633. The normalized spacial score (nSPS) is 8.90. The van der Waals surface area contributed by atoms with Crippen molar-refractivity contribution in [3.8, 4) is 0 Å². The van der Waals surface area contributed by atoms with E-state index in [1.807, 2.05) is 0 Å². The van der Waals surface area contributed by atoms with E-state index in [0.29, 0.717) is 10.7 Å². The third kappa shape index (κ3) is 1.61. The molecule has 0 amide bonds. The van der Waals surface area contributed by atoms with Crippen molar-refractivity contribution in [3.05, 3.63) is 38.2 Å². The molecule has 0 bridgehead atoms. The molecule has 1 nitrogen and oxygen atoms in total. The van der Waals surface area contributed by atoms with Gasteiger partial charge < -0.3 is 0 Å². The van der Waals surface area contributed by atoms with Crippen molar-refractivity contribution in [2.45, 2.75) is 0 Å². The molecule has 50 valence electrons. The van der Waals surface area contributed by atoms with Crippen molar-refractivity contribution in [2.75, 3.05) is 0 Å². The monoisotopic (exact) mass is 263 g/mol. The van der Waals surface area contributed by atoms with Crippen molar-refractivity contribution < 1.29 is 0 Å². The third-order valence-electron chi connectivity index (χ3n) is 1.03. The molecule has 0 spiro atoms. The van der Waals surface area contributed by atoms with E-state index in [9.17, 15) is 0 Å². The quantitative estimate of drug-likeness (QED) is 0.498. The molecule has 0 N–H and O–H groups in total. The largest absolute Gasteiger partial charge is 0.238 e. The molecule has 3 heteroatoms. The van der Waals surface area contributed by atoms with Crippen LogP contribution in [0.5, 0.6) is 0 Å². The summed E-state index contributed by atoms with van der Waals surface area (Å²) in [5.41, 5.74) is 0.633. The lowest BCUT2D eigenvalue weighted by Crippen LogP contribution is -1.70. The molecule has 1 aromatic rings. The minimum Gasteiger partial charge on any atom is -0.238 e. The Hall–Kier alpha value is -0.270. The van der Waals surface area contributed by atoms with Crippen LogP contribution in [0.2, 0.25) is 5.02 Å². The van der Waals surface area contributed by atoms with Crippen LogP contribution in [0.4, 0.5) is 5.69 Å². The first kappa shape index (κ1) is 7.83. The van der Waals surface area contributed by atoms with Gasteiger partial charge in [0, 0.05) is 3.57 Å². The highest BCUT2D eigenvalue weighted by molar-refractivity contribution is 14.1. The highest BCUT2D eigenvalue weighted by Gasteiger charge is 1.96. The molecule has 0 aliphatic carbocycles. The Morgan fingerprint density at radius 1 is 1.50 bits per heavy atom. The fourth-order valence-electron chi connectivity index (χ4n) is 0.555. The fourth-order valence-corrected chi connectivity index (χ4v) is 1.17. The zero-order valence-corrected chi connectivity index (χ0v) is 7.85. The smallest absolute Gasteiger partial charge is 0.188 e. The van der Waals surface area contributed by atoms with Gasteiger partial charge in [-0.3, -0.25) is 0 Å². The second-order valence-corrected chi connectivity index (χ2v) is 3.28. The van der Waals surface area contributed by atoms with Crippen molar-refractivity contribution in [1.29, 1.82) is 0 Å². The number of nitrogens with zero attached hydrogens (tertiary/aromatic N) is 1. The fraction of sp³-hybridized carbons (Fsp3) is 0. The first-order valence-electron chi connectivity index (χ1n) is 2.56. The van der Waals surface area contributed by atoms with Crippen molar-refractivity contribution >= 4 is 39.9 Å². The molecule has 0 aliphatic rings. The van der Waals surface area contributed by atoms with Gasteiger partial charge in [-0.05, 0) is 28.7 Å². The van der Waals surface area contributed by atoms with Crippen molar-refractivity contribution in [3.63, 3.8) is 0 Å². The van der Waals surface area contributed by atoms with Gasteiger partial charge in [0.1, 0.15) is 0 Å². The summed E-state index contributed by atoms with van der Waals surface area (Å²) >= 11 is 7.83. The summed E-state index contributed by atoms with van der Waals surface area (Å²) in [5, 5.41) is 0.702. The summed E-state index contributed by atoms with van der Waals surface area (Å²) in [6.45, 7) is 6.69. The molecule has 0 aromatic heterocycles. The highest BCUT2D eigenvalue weighted by Crippen LogP contribution is 2.23. The van der Waals surface area contributed by atoms with E-state index in [1.165, 1.54) is 0 Å². The number of rotatable bonds is 0. The Labute approximate surface area is 78.0 Å². The van der Waals surface area contributed by atoms with Crippen LogP contribution in [0.25, 0.3) is 4.85 Å². The van der Waals surface area contributed by atoms with Gasteiger partial charge >= 0.3 is 0 Å². The molecule has 0 fully saturated rings. The topological polar surface area (TPSA) is 4.36 Å². The second-order valence-electron chi connectivity index (χ2n) is 1.71. The zero-order valence-electron chi connectivity index (χ0n) is 4.94. The molecule has 1 aromatic carbocycles. The Balaban J connectivity index is 3.20. The van der Waals surface area contributed by atoms with Crippen LogP contribution in [-0.2, 0) is 0 Å². The molecule has 0 saturated carbocycles. The molecular weight excluding hydrogens is 260 g/mol. The number of hydrogen-bond acceptors (Lipinski definition) is 0. The van der Waals surface area contributed by atoms with Crippen LogP contribution in [0.1, 0.15) is 0 Å². The lowest BCUT2D eigenvalue weighted by Gasteiger charge is -1.93. The van der Waals surface area contributed by atoms with Gasteiger partial charge in [-0.2, -0.15) is 0 Å². The van der Waals surface area contributed by atoms with E-state index in [0.717, 1.165) is 3.57 Å². The van der Waals surface area contributed by atoms with Crippen LogP contribution in [0, 0.1) is 10.1 Å². The van der Waals surface area contributed by atoms with Crippen LogP contribution in [0.3, 0.4) is 0 Å². The summed E-state index contributed by atoms with van der Waals surface area (Å²) in [6.07, 6.45) is 0. The lowest BCUT2D eigenvalue weighted by atomic mass is 10.3. The summed E-state index contributed by atoms with van der Waals surface area (Å²) in [5.74, 6) is 0. The van der Waals surface area contributed by atoms with E-state index < -0.39 is 0 Å². The SMILES string of the molecule is [C-]#[N+]c1ccc(Cl)c(I)c1. The van der Waals surface area contributed by atoms with Gasteiger partial charge in [-0.25, -0.2) is 4.85 Å².